The number of aromatic amines is 1. The lowest BCUT2D eigenvalue weighted by atomic mass is 10.0. The summed E-state index contributed by atoms with van der Waals surface area (Å²) < 4.78 is 5.38. The molecule has 8 heteroatoms. The first-order chi connectivity index (χ1) is 14.6. The van der Waals surface area contributed by atoms with Crippen LogP contribution in [0.4, 0.5) is 0 Å². The number of rotatable bonds is 6. The van der Waals surface area contributed by atoms with Crippen LogP contribution in [-0.2, 0) is 6.42 Å². The summed E-state index contributed by atoms with van der Waals surface area (Å²) in [5, 5.41) is 7.34. The third kappa shape index (κ3) is 4.47. The highest BCUT2D eigenvalue weighted by Crippen LogP contribution is 2.22. The van der Waals surface area contributed by atoms with E-state index in [2.05, 4.69) is 20.4 Å². The van der Waals surface area contributed by atoms with E-state index in [1.165, 1.54) is 12.3 Å². The van der Waals surface area contributed by atoms with E-state index in [1.54, 1.807) is 30.3 Å². The number of aromatic nitrogens is 3. The van der Waals surface area contributed by atoms with Gasteiger partial charge in [-0.05, 0) is 23.8 Å². The van der Waals surface area contributed by atoms with Crippen LogP contribution in [0.15, 0.2) is 82.2 Å². The summed E-state index contributed by atoms with van der Waals surface area (Å²) in [5.74, 6) is 0.407. The molecule has 2 aromatic heterocycles. The Kier molecular flexibility index (Phi) is 5.72. The lowest BCUT2D eigenvalue weighted by Gasteiger charge is -2.18. The molecule has 2 N–H and O–H groups in total. The zero-order chi connectivity index (χ0) is 20.9. The van der Waals surface area contributed by atoms with E-state index in [1.807, 2.05) is 30.3 Å². The van der Waals surface area contributed by atoms with Crippen molar-refractivity contribution in [3.05, 3.63) is 105 Å². The van der Waals surface area contributed by atoms with Gasteiger partial charge in [-0.15, -0.1) is 0 Å². The minimum Gasteiger partial charge on any atom is -0.345 e. The molecule has 0 aliphatic rings. The van der Waals surface area contributed by atoms with E-state index in [4.69, 9.17) is 16.1 Å². The highest BCUT2D eigenvalue weighted by molar-refractivity contribution is 6.33. The molecule has 0 saturated heterocycles. The van der Waals surface area contributed by atoms with Crippen LogP contribution >= 0.6 is 11.6 Å². The van der Waals surface area contributed by atoms with Gasteiger partial charge >= 0.3 is 0 Å². The standard InChI is InChI=1S/C22H17ClN4O3/c23-17-9-5-4-8-16(17)22(29)25-18(14-6-2-1-3-7-14)12-20-26-21(27-30-20)15-10-11-19(28)24-13-15/h1-11,13,18H,12H2,(H,24,28)(H,25,29). The van der Waals surface area contributed by atoms with Gasteiger partial charge in [0, 0.05) is 17.8 Å². The van der Waals surface area contributed by atoms with Gasteiger partial charge in [0.15, 0.2) is 0 Å². The number of hydrogen-bond acceptors (Lipinski definition) is 5. The van der Waals surface area contributed by atoms with Gasteiger partial charge in [0.2, 0.25) is 17.3 Å². The molecule has 0 fully saturated rings. The van der Waals surface area contributed by atoms with Gasteiger partial charge in [0.05, 0.1) is 23.0 Å². The van der Waals surface area contributed by atoms with Crippen LogP contribution in [0.5, 0.6) is 0 Å². The van der Waals surface area contributed by atoms with Crippen molar-refractivity contribution in [1.82, 2.24) is 20.4 Å². The molecule has 0 saturated carbocycles. The van der Waals surface area contributed by atoms with Crippen LogP contribution < -0.4 is 10.9 Å². The first-order valence-electron chi connectivity index (χ1n) is 9.22. The Morgan fingerprint density at radius 2 is 1.83 bits per heavy atom. The molecule has 4 aromatic rings. The largest absolute Gasteiger partial charge is 0.345 e. The average molecular weight is 421 g/mol. The maximum absolute atomic E-state index is 12.8. The van der Waals surface area contributed by atoms with Crippen molar-refractivity contribution in [2.75, 3.05) is 0 Å². The molecule has 1 amide bonds. The lowest BCUT2D eigenvalue weighted by Crippen LogP contribution is -2.30. The van der Waals surface area contributed by atoms with Crippen LogP contribution in [0.1, 0.15) is 27.9 Å². The van der Waals surface area contributed by atoms with Crippen molar-refractivity contribution in [1.29, 1.82) is 0 Å². The Balaban J connectivity index is 1.58. The van der Waals surface area contributed by atoms with Gasteiger partial charge in [-0.2, -0.15) is 4.98 Å². The Bertz CT molecular complexity index is 1200. The topological polar surface area (TPSA) is 101 Å². The zero-order valence-electron chi connectivity index (χ0n) is 15.7. The molecular formula is C22H17ClN4O3. The summed E-state index contributed by atoms with van der Waals surface area (Å²) in [6, 6.07) is 19.0. The van der Waals surface area contributed by atoms with Crippen LogP contribution in [0.3, 0.4) is 0 Å². The van der Waals surface area contributed by atoms with E-state index < -0.39 is 6.04 Å². The van der Waals surface area contributed by atoms with Gasteiger partial charge in [0.1, 0.15) is 0 Å². The van der Waals surface area contributed by atoms with Gasteiger partial charge in [-0.25, -0.2) is 0 Å². The summed E-state index contributed by atoms with van der Waals surface area (Å²) in [7, 11) is 0. The predicted octanol–water partition coefficient (Wildman–Crippen LogP) is 3.79. The number of carbonyl (C=O) groups excluding carboxylic acids is 1. The summed E-state index contributed by atoms with van der Waals surface area (Å²) in [6.07, 6.45) is 1.81. The minimum atomic E-state index is -0.404. The third-order valence-electron chi connectivity index (χ3n) is 4.51. The number of benzene rings is 2. The van der Waals surface area contributed by atoms with Crippen molar-refractivity contribution in [2.24, 2.45) is 0 Å². The second-order valence-electron chi connectivity index (χ2n) is 6.57. The molecule has 2 heterocycles. The SMILES string of the molecule is O=C(NC(Cc1nc(-c2ccc(=O)[nH]c2)no1)c1ccccc1)c1ccccc1Cl. The molecule has 1 unspecified atom stereocenters. The van der Waals surface area contributed by atoms with E-state index in [9.17, 15) is 9.59 Å². The minimum absolute atomic E-state index is 0.214. The number of amides is 1. The first-order valence-corrected chi connectivity index (χ1v) is 9.60. The zero-order valence-corrected chi connectivity index (χ0v) is 16.5. The predicted molar refractivity (Wildman–Crippen MR) is 112 cm³/mol. The Morgan fingerprint density at radius 3 is 2.57 bits per heavy atom. The maximum atomic E-state index is 12.8. The number of nitrogens with one attached hydrogen (secondary N) is 2. The number of halogens is 1. The molecule has 30 heavy (non-hydrogen) atoms. The summed E-state index contributed by atoms with van der Waals surface area (Å²) in [5.41, 5.74) is 1.69. The van der Waals surface area contributed by atoms with Crippen LogP contribution in [0.2, 0.25) is 5.02 Å². The van der Waals surface area contributed by atoms with Crippen LogP contribution in [0, 0.1) is 0 Å². The third-order valence-corrected chi connectivity index (χ3v) is 4.84. The van der Waals surface area contributed by atoms with Crippen molar-refractivity contribution >= 4 is 17.5 Å². The summed E-state index contributed by atoms with van der Waals surface area (Å²) in [6.45, 7) is 0. The van der Waals surface area contributed by atoms with E-state index >= 15 is 0 Å². The summed E-state index contributed by atoms with van der Waals surface area (Å²) in [4.78, 5) is 31.0. The fourth-order valence-corrected chi connectivity index (χ4v) is 3.22. The quantitative estimate of drug-likeness (QED) is 0.494. The monoisotopic (exact) mass is 420 g/mol. The van der Waals surface area contributed by atoms with Gasteiger partial charge < -0.3 is 14.8 Å². The van der Waals surface area contributed by atoms with Gasteiger partial charge in [0.25, 0.3) is 5.91 Å². The van der Waals surface area contributed by atoms with Gasteiger partial charge in [-0.3, -0.25) is 9.59 Å². The van der Waals surface area contributed by atoms with E-state index in [0.717, 1.165) is 5.56 Å². The van der Waals surface area contributed by atoms with Crippen LogP contribution in [-0.4, -0.2) is 21.0 Å². The number of carbonyl (C=O) groups is 1. The van der Waals surface area contributed by atoms with Crippen molar-refractivity contribution in [3.63, 3.8) is 0 Å². The smallest absolute Gasteiger partial charge is 0.253 e. The van der Waals surface area contributed by atoms with E-state index in [-0.39, 0.29) is 17.9 Å². The molecule has 1 atom stereocenters. The second-order valence-corrected chi connectivity index (χ2v) is 6.98. The van der Waals surface area contributed by atoms with Crippen molar-refractivity contribution in [2.45, 2.75) is 12.5 Å². The number of H-pyrrole nitrogens is 1. The number of hydrogen-bond donors (Lipinski definition) is 2. The molecule has 0 bridgehead atoms. The van der Waals surface area contributed by atoms with Crippen molar-refractivity contribution in [3.8, 4) is 11.4 Å². The fraction of sp³-hybridized carbons (Fsp3) is 0.0909. The highest BCUT2D eigenvalue weighted by atomic mass is 35.5. The molecular weight excluding hydrogens is 404 g/mol. The van der Waals surface area contributed by atoms with Crippen molar-refractivity contribution < 1.29 is 9.32 Å². The molecule has 0 spiro atoms. The molecule has 0 radical (unpaired) electrons. The van der Waals surface area contributed by atoms with Gasteiger partial charge in [-0.1, -0.05) is 59.2 Å². The molecule has 4 rings (SSSR count). The molecule has 0 aliphatic heterocycles. The highest BCUT2D eigenvalue weighted by Gasteiger charge is 2.21. The first kappa shape index (κ1) is 19.6. The van der Waals surface area contributed by atoms with E-state index in [0.29, 0.717) is 27.9 Å². The Morgan fingerprint density at radius 1 is 1.07 bits per heavy atom. The number of pyridine rings is 1. The Hall–Kier alpha value is -3.71. The molecule has 150 valence electrons. The molecule has 2 aromatic carbocycles. The Labute approximate surface area is 176 Å². The molecule has 7 nitrogen and oxygen atoms in total. The average Bonchev–Trinajstić information content (AvgIpc) is 3.23. The fourth-order valence-electron chi connectivity index (χ4n) is 3.00. The summed E-state index contributed by atoms with van der Waals surface area (Å²) >= 11 is 6.16. The molecule has 0 aliphatic carbocycles. The van der Waals surface area contributed by atoms with Crippen LogP contribution in [0.25, 0.3) is 11.4 Å². The maximum Gasteiger partial charge on any atom is 0.253 e. The normalized spacial score (nSPS) is 11.8. The lowest BCUT2D eigenvalue weighted by molar-refractivity contribution is 0.0935. The number of nitrogens with zero attached hydrogens (tertiary/aromatic N) is 2. The second kappa shape index (κ2) is 8.75.